The maximum Gasteiger partial charge on any atom is 0.336 e. The van der Waals surface area contributed by atoms with Gasteiger partial charge in [0.15, 0.2) is 5.78 Å². The Balaban J connectivity index is 2.19. The molecule has 0 radical (unpaired) electrons. The Morgan fingerprint density at radius 3 is 2.66 bits per heavy atom. The van der Waals surface area contributed by atoms with Crippen LogP contribution in [0.5, 0.6) is 0 Å². The molecule has 0 saturated carbocycles. The van der Waals surface area contributed by atoms with Crippen molar-refractivity contribution < 1.29 is 28.2 Å². The first-order valence-corrected chi connectivity index (χ1v) is 9.55. The average Bonchev–Trinajstić information content (AvgIpc) is 2.66. The molecule has 1 aromatic rings. The number of dihydropyridines is 1. The molecule has 0 bridgehead atoms. The number of rotatable bonds is 4. The molecule has 0 unspecified atom stereocenters. The molecule has 0 saturated heterocycles. The molecule has 6 nitrogen and oxygen atoms in total. The maximum atomic E-state index is 14.0. The van der Waals surface area contributed by atoms with E-state index in [1.165, 1.54) is 25.3 Å². The van der Waals surface area contributed by atoms with Gasteiger partial charge in [0.05, 0.1) is 19.3 Å². The second-order valence-electron chi connectivity index (χ2n) is 7.31. The summed E-state index contributed by atoms with van der Waals surface area (Å²) in [5, 5.41) is 3.15. The van der Waals surface area contributed by atoms with E-state index in [0.717, 1.165) is 0 Å². The number of Topliss-reactive ketones (excluding diaryl/α,β-unsaturated/α-hetero) is 1. The Morgan fingerprint density at radius 1 is 1.31 bits per heavy atom. The predicted molar refractivity (Wildman–Crippen MR) is 103 cm³/mol. The topological polar surface area (TPSA) is 81.7 Å². The van der Waals surface area contributed by atoms with Gasteiger partial charge >= 0.3 is 11.9 Å². The van der Waals surface area contributed by atoms with Crippen LogP contribution in [0.4, 0.5) is 4.39 Å². The summed E-state index contributed by atoms with van der Waals surface area (Å²) in [6.45, 7) is 5.38. The van der Waals surface area contributed by atoms with E-state index in [1.54, 1.807) is 19.9 Å². The zero-order chi connectivity index (χ0) is 21.3. The van der Waals surface area contributed by atoms with Gasteiger partial charge in [-0.3, -0.25) is 9.59 Å². The van der Waals surface area contributed by atoms with Crippen molar-refractivity contribution in [2.75, 3.05) is 13.7 Å². The first-order chi connectivity index (χ1) is 13.8. The van der Waals surface area contributed by atoms with Crippen molar-refractivity contribution in [3.63, 3.8) is 0 Å². The number of ether oxygens (including phenoxy) is 2. The lowest BCUT2D eigenvalue weighted by molar-refractivity contribution is -0.151. The van der Waals surface area contributed by atoms with Gasteiger partial charge < -0.3 is 14.8 Å². The molecule has 1 aliphatic carbocycles. The Labute approximate surface area is 168 Å². The highest BCUT2D eigenvalue weighted by molar-refractivity contribution is 6.12. The lowest BCUT2D eigenvalue weighted by Gasteiger charge is -2.38. The van der Waals surface area contributed by atoms with Crippen molar-refractivity contribution in [3.8, 4) is 0 Å². The molecule has 2 aliphatic rings. The van der Waals surface area contributed by atoms with E-state index < -0.39 is 35.4 Å². The van der Waals surface area contributed by atoms with Gasteiger partial charge in [-0.25, -0.2) is 9.18 Å². The maximum absolute atomic E-state index is 14.0. The van der Waals surface area contributed by atoms with E-state index in [0.29, 0.717) is 23.4 Å². The molecule has 29 heavy (non-hydrogen) atoms. The molecule has 1 heterocycles. The third-order valence-electron chi connectivity index (χ3n) is 5.42. The van der Waals surface area contributed by atoms with Crippen molar-refractivity contribution in [2.45, 2.75) is 33.1 Å². The zero-order valence-electron chi connectivity index (χ0n) is 16.9. The molecule has 0 fully saturated rings. The lowest BCUT2D eigenvalue weighted by Crippen LogP contribution is -2.43. The van der Waals surface area contributed by atoms with Crippen LogP contribution in [0, 0.1) is 17.7 Å². The molecule has 1 aliphatic heterocycles. The van der Waals surface area contributed by atoms with Crippen LogP contribution in [0.25, 0.3) is 0 Å². The Hall–Kier alpha value is -2.96. The lowest BCUT2D eigenvalue weighted by atomic mass is 9.69. The van der Waals surface area contributed by atoms with Gasteiger partial charge in [0, 0.05) is 22.9 Å². The van der Waals surface area contributed by atoms with Gasteiger partial charge in [-0.15, -0.1) is 0 Å². The second kappa shape index (κ2) is 8.19. The predicted octanol–water partition coefficient (Wildman–Crippen LogP) is 3.00. The largest absolute Gasteiger partial charge is 0.468 e. The fraction of sp³-hybridized carbons (Fsp3) is 0.409. The Kier molecular flexibility index (Phi) is 5.86. The van der Waals surface area contributed by atoms with E-state index in [-0.39, 0.29) is 23.7 Å². The van der Waals surface area contributed by atoms with Gasteiger partial charge in [0.2, 0.25) is 0 Å². The van der Waals surface area contributed by atoms with Crippen LogP contribution < -0.4 is 5.32 Å². The summed E-state index contributed by atoms with van der Waals surface area (Å²) in [6, 6.07) is 5.78. The highest BCUT2D eigenvalue weighted by atomic mass is 19.1. The summed E-state index contributed by atoms with van der Waals surface area (Å²) in [4.78, 5) is 38.5. The van der Waals surface area contributed by atoms with Crippen molar-refractivity contribution in [3.05, 3.63) is 58.2 Å². The number of nitrogens with one attached hydrogen (secondary N) is 1. The number of ketones is 1. The molecular weight excluding hydrogens is 377 g/mol. The van der Waals surface area contributed by atoms with Gasteiger partial charge in [0.1, 0.15) is 11.7 Å². The quantitative estimate of drug-likeness (QED) is 0.617. The van der Waals surface area contributed by atoms with Gasteiger partial charge in [-0.1, -0.05) is 19.1 Å². The number of benzene rings is 1. The molecule has 154 valence electrons. The smallest absolute Gasteiger partial charge is 0.336 e. The third-order valence-corrected chi connectivity index (χ3v) is 5.42. The molecule has 3 atom stereocenters. The number of hydrogen-bond donors (Lipinski definition) is 1. The zero-order valence-corrected chi connectivity index (χ0v) is 16.9. The number of methoxy groups -OCH3 is 1. The van der Waals surface area contributed by atoms with Crippen molar-refractivity contribution >= 4 is 17.7 Å². The minimum absolute atomic E-state index is 0.160. The molecular formula is C22H24FNO5. The summed E-state index contributed by atoms with van der Waals surface area (Å²) in [6.07, 6.45) is 0.431. The summed E-state index contributed by atoms with van der Waals surface area (Å²) >= 11 is 0. The molecule has 0 amide bonds. The number of allylic oxidation sites excluding steroid dienone is 3. The molecule has 3 rings (SSSR count). The van der Waals surface area contributed by atoms with Gasteiger partial charge in [0.25, 0.3) is 0 Å². The van der Waals surface area contributed by atoms with E-state index in [9.17, 15) is 18.8 Å². The Morgan fingerprint density at radius 2 is 2.03 bits per heavy atom. The van der Waals surface area contributed by atoms with E-state index in [2.05, 4.69) is 5.32 Å². The number of carbonyl (C=O) groups is 3. The molecule has 0 aromatic heterocycles. The summed E-state index contributed by atoms with van der Waals surface area (Å²) < 4.78 is 24.1. The van der Waals surface area contributed by atoms with Crippen LogP contribution in [0.3, 0.4) is 0 Å². The van der Waals surface area contributed by atoms with Crippen LogP contribution in [-0.4, -0.2) is 31.4 Å². The number of carbonyl (C=O) groups excluding carboxylic acids is 3. The fourth-order valence-corrected chi connectivity index (χ4v) is 4.18. The van der Waals surface area contributed by atoms with Crippen molar-refractivity contribution in [1.82, 2.24) is 5.32 Å². The standard InChI is InChI=1S/C22H24FNO5/c1-5-29-22(27)17-12(3)24-15-9-11(2)16(21(26)28-4)20(25)19(15)18(17)13-7-6-8-14(23)10-13/h6-8,10-11,16,18,24H,5,9H2,1-4H3/t11-,16-,18+/m0/s1. The SMILES string of the molecule is CCOC(=O)C1=C(C)NC2=C(C(=O)[C@@H](C(=O)OC)[C@@H](C)C2)[C@@H]1c1cccc(F)c1. The van der Waals surface area contributed by atoms with E-state index in [4.69, 9.17) is 9.47 Å². The van der Waals surface area contributed by atoms with Crippen LogP contribution in [-0.2, 0) is 23.9 Å². The van der Waals surface area contributed by atoms with Gasteiger partial charge in [-0.05, 0) is 43.9 Å². The molecule has 0 spiro atoms. The summed E-state index contributed by atoms with van der Waals surface area (Å²) in [7, 11) is 1.24. The van der Waals surface area contributed by atoms with Crippen LogP contribution in [0.2, 0.25) is 0 Å². The normalized spacial score (nSPS) is 24.0. The minimum Gasteiger partial charge on any atom is -0.468 e. The van der Waals surface area contributed by atoms with Crippen LogP contribution >= 0.6 is 0 Å². The number of hydrogen-bond acceptors (Lipinski definition) is 6. The summed E-state index contributed by atoms with van der Waals surface area (Å²) in [5.74, 6) is -4.17. The molecule has 1 aromatic carbocycles. The first kappa shape index (κ1) is 20.8. The third kappa shape index (κ3) is 3.69. The Bertz CT molecular complexity index is 933. The van der Waals surface area contributed by atoms with Gasteiger partial charge in [-0.2, -0.15) is 0 Å². The molecule has 7 heteroatoms. The highest BCUT2D eigenvalue weighted by Gasteiger charge is 2.47. The van der Waals surface area contributed by atoms with E-state index >= 15 is 0 Å². The van der Waals surface area contributed by atoms with Crippen molar-refractivity contribution in [1.29, 1.82) is 0 Å². The van der Waals surface area contributed by atoms with Crippen LogP contribution in [0.1, 0.15) is 38.7 Å². The van der Waals surface area contributed by atoms with E-state index in [1.807, 2.05) is 6.92 Å². The highest BCUT2D eigenvalue weighted by Crippen LogP contribution is 2.45. The second-order valence-corrected chi connectivity index (χ2v) is 7.31. The van der Waals surface area contributed by atoms with Crippen LogP contribution in [0.15, 0.2) is 46.8 Å². The number of esters is 2. The fourth-order valence-electron chi connectivity index (χ4n) is 4.18. The van der Waals surface area contributed by atoms with Crippen molar-refractivity contribution in [2.24, 2.45) is 11.8 Å². The number of halogens is 1. The monoisotopic (exact) mass is 401 g/mol. The first-order valence-electron chi connectivity index (χ1n) is 9.55. The average molecular weight is 401 g/mol. The molecule has 1 N–H and O–H groups in total. The minimum atomic E-state index is -0.974. The summed E-state index contributed by atoms with van der Waals surface area (Å²) in [5.41, 5.74) is 2.17.